The predicted molar refractivity (Wildman–Crippen MR) is 44.0 cm³/mol. The number of nitrogens with one attached hydrogen (secondary N) is 1. The summed E-state index contributed by atoms with van der Waals surface area (Å²) in [5, 5.41) is 15.4. The van der Waals surface area contributed by atoms with Gasteiger partial charge in [-0.3, -0.25) is 9.89 Å². The molecule has 2 N–H and O–H groups in total. The van der Waals surface area contributed by atoms with Gasteiger partial charge in [0, 0.05) is 11.3 Å². The Balaban J connectivity index is 3.13. The number of hydrogen-bond acceptors (Lipinski definition) is 2. The standard InChI is InChI=1S/C8H12N2O2/c1-5-6(4-9-10-5)8(2,3)7(11)12/h4H,1-3H3,(H,9,10)(H,11,12). The number of aromatic amines is 1. The summed E-state index contributed by atoms with van der Waals surface area (Å²) in [5.41, 5.74) is 0.675. The van der Waals surface area contributed by atoms with Gasteiger partial charge in [-0.1, -0.05) is 0 Å². The fourth-order valence-electron chi connectivity index (χ4n) is 1.10. The first-order valence-electron chi connectivity index (χ1n) is 3.70. The summed E-state index contributed by atoms with van der Waals surface area (Å²) in [5.74, 6) is -0.841. The molecule has 0 unspecified atom stereocenters. The summed E-state index contributed by atoms with van der Waals surface area (Å²) in [6.07, 6.45) is 1.56. The van der Waals surface area contributed by atoms with Crippen LogP contribution < -0.4 is 0 Å². The summed E-state index contributed by atoms with van der Waals surface area (Å²) in [7, 11) is 0. The molecule has 0 aliphatic rings. The molecule has 4 nitrogen and oxygen atoms in total. The number of hydrogen-bond donors (Lipinski definition) is 2. The lowest BCUT2D eigenvalue weighted by atomic mass is 9.85. The first-order chi connectivity index (χ1) is 5.46. The highest BCUT2D eigenvalue weighted by atomic mass is 16.4. The van der Waals surface area contributed by atoms with Crippen LogP contribution >= 0.6 is 0 Å². The molecule has 0 amide bonds. The van der Waals surface area contributed by atoms with E-state index < -0.39 is 11.4 Å². The molecular weight excluding hydrogens is 156 g/mol. The third-order valence-electron chi connectivity index (χ3n) is 2.04. The summed E-state index contributed by atoms with van der Waals surface area (Å²) >= 11 is 0. The predicted octanol–water partition coefficient (Wildman–Crippen LogP) is 1.08. The van der Waals surface area contributed by atoms with Gasteiger partial charge in [-0.15, -0.1) is 0 Å². The van der Waals surface area contributed by atoms with Crippen molar-refractivity contribution in [3.8, 4) is 0 Å². The van der Waals surface area contributed by atoms with Gasteiger partial charge >= 0.3 is 5.97 Å². The molecule has 0 aliphatic heterocycles. The summed E-state index contributed by atoms with van der Waals surface area (Å²) in [4.78, 5) is 10.8. The minimum absolute atomic E-state index is 0.731. The van der Waals surface area contributed by atoms with Crippen molar-refractivity contribution in [2.75, 3.05) is 0 Å². The Bertz CT molecular complexity index is 302. The van der Waals surface area contributed by atoms with E-state index in [9.17, 15) is 4.79 Å². The van der Waals surface area contributed by atoms with Gasteiger partial charge < -0.3 is 5.11 Å². The average molecular weight is 168 g/mol. The van der Waals surface area contributed by atoms with Gasteiger partial charge in [-0.05, 0) is 20.8 Å². The number of aliphatic carboxylic acids is 1. The van der Waals surface area contributed by atoms with Crippen LogP contribution in [0.4, 0.5) is 0 Å². The second kappa shape index (κ2) is 2.62. The maximum atomic E-state index is 10.8. The van der Waals surface area contributed by atoms with E-state index in [0.29, 0.717) is 0 Å². The molecule has 0 spiro atoms. The minimum Gasteiger partial charge on any atom is -0.481 e. The minimum atomic E-state index is -0.864. The zero-order valence-corrected chi connectivity index (χ0v) is 7.38. The Kier molecular flexibility index (Phi) is 1.92. The van der Waals surface area contributed by atoms with Crippen molar-refractivity contribution >= 4 is 5.97 Å². The van der Waals surface area contributed by atoms with E-state index in [1.165, 1.54) is 0 Å². The number of aryl methyl sites for hydroxylation is 1. The maximum absolute atomic E-state index is 10.8. The largest absolute Gasteiger partial charge is 0.481 e. The van der Waals surface area contributed by atoms with Gasteiger partial charge in [0.2, 0.25) is 0 Å². The van der Waals surface area contributed by atoms with Gasteiger partial charge in [-0.25, -0.2) is 0 Å². The van der Waals surface area contributed by atoms with Crippen LogP contribution in [0.3, 0.4) is 0 Å². The van der Waals surface area contributed by atoms with Crippen LogP contribution in [0.2, 0.25) is 0 Å². The Morgan fingerprint density at radius 2 is 2.25 bits per heavy atom. The molecule has 0 saturated carbocycles. The van der Waals surface area contributed by atoms with E-state index in [2.05, 4.69) is 10.2 Å². The zero-order chi connectivity index (χ0) is 9.35. The number of H-pyrrole nitrogens is 1. The van der Waals surface area contributed by atoms with Crippen LogP contribution in [0.15, 0.2) is 6.20 Å². The number of aromatic nitrogens is 2. The molecule has 4 heteroatoms. The Labute approximate surface area is 70.6 Å². The van der Waals surface area contributed by atoms with E-state index >= 15 is 0 Å². The van der Waals surface area contributed by atoms with Crippen molar-refractivity contribution in [3.05, 3.63) is 17.5 Å². The van der Waals surface area contributed by atoms with Gasteiger partial charge in [0.05, 0.1) is 11.6 Å². The molecule has 1 aromatic heterocycles. The molecule has 1 heterocycles. The third-order valence-corrected chi connectivity index (χ3v) is 2.04. The highest BCUT2D eigenvalue weighted by Crippen LogP contribution is 2.24. The van der Waals surface area contributed by atoms with Gasteiger partial charge in [0.25, 0.3) is 0 Å². The van der Waals surface area contributed by atoms with Gasteiger partial charge in [0.15, 0.2) is 0 Å². The second-order valence-corrected chi connectivity index (χ2v) is 3.34. The van der Waals surface area contributed by atoms with E-state index in [1.54, 1.807) is 20.0 Å². The maximum Gasteiger partial charge on any atom is 0.313 e. The Morgan fingerprint density at radius 1 is 1.67 bits per heavy atom. The summed E-state index contributed by atoms with van der Waals surface area (Å²) in [6.45, 7) is 5.13. The molecule has 12 heavy (non-hydrogen) atoms. The fraction of sp³-hybridized carbons (Fsp3) is 0.500. The lowest BCUT2D eigenvalue weighted by molar-refractivity contribution is -0.142. The molecular formula is C8H12N2O2. The SMILES string of the molecule is Cc1[nH]ncc1C(C)(C)C(=O)O. The van der Waals surface area contributed by atoms with E-state index in [0.717, 1.165) is 11.3 Å². The average Bonchev–Trinajstić information content (AvgIpc) is 2.35. The van der Waals surface area contributed by atoms with Gasteiger partial charge in [0.1, 0.15) is 0 Å². The van der Waals surface area contributed by atoms with Crippen molar-refractivity contribution in [1.29, 1.82) is 0 Å². The molecule has 0 atom stereocenters. The smallest absolute Gasteiger partial charge is 0.313 e. The third kappa shape index (κ3) is 1.20. The molecule has 0 saturated heterocycles. The zero-order valence-electron chi connectivity index (χ0n) is 7.38. The number of carboxylic acids is 1. The molecule has 0 bridgehead atoms. The monoisotopic (exact) mass is 168 g/mol. The fourth-order valence-corrected chi connectivity index (χ4v) is 1.10. The van der Waals surface area contributed by atoms with Crippen molar-refractivity contribution in [2.24, 2.45) is 0 Å². The first-order valence-corrected chi connectivity index (χ1v) is 3.70. The Morgan fingerprint density at radius 3 is 2.58 bits per heavy atom. The van der Waals surface area contributed by atoms with Crippen LogP contribution in [0, 0.1) is 6.92 Å². The molecule has 1 aromatic rings. The second-order valence-electron chi connectivity index (χ2n) is 3.34. The van der Waals surface area contributed by atoms with Crippen LogP contribution in [0.25, 0.3) is 0 Å². The molecule has 0 aliphatic carbocycles. The number of carbonyl (C=O) groups is 1. The molecule has 1 rings (SSSR count). The normalized spacial score (nSPS) is 11.6. The quantitative estimate of drug-likeness (QED) is 0.694. The Hall–Kier alpha value is -1.32. The lowest BCUT2D eigenvalue weighted by Gasteiger charge is -2.17. The number of nitrogens with zero attached hydrogens (tertiary/aromatic N) is 1. The molecule has 66 valence electrons. The van der Waals surface area contributed by atoms with Crippen molar-refractivity contribution < 1.29 is 9.90 Å². The van der Waals surface area contributed by atoms with Crippen molar-refractivity contribution in [2.45, 2.75) is 26.2 Å². The summed E-state index contributed by atoms with van der Waals surface area (Å²) < 4.78 is 0. The summed E-state index contributed by atoms with van der Waals surface area (Å²) in [6, 6.07) is 0. The number of rotatable bonds is 2. The molecule has 0 radical (unpaired) electrons. The number of carboxylic acid groups (broad SMARTS) is 1. The van der Waals surface area contributed by atoms with Crippen LogP contribution in [0.5, 0.6) is 0 Å². The van der Waals surface area contributed by atoms with Gasteiger partial charge in [-0.2, -0.15) is 5.10 Å². The lowest BCUT2D eigenvalue weighted by Crippen LogP contribution is -2.28. The topological polar surface area (TPSA) is 66.0 Å². The van der Waals surface area contributed by atoms with Crippen LogP contribution in [0.1, 0.15) is 25.1 Å². The van der Waals surface area contributed by atoms with Crippen LogP contribution in [-0.4, -0.2) is 21.3 Å². The highest BCUT2D eigenvalue weighted by molar-refractivity contribution is 5.80. The molecule has 0 fully saturated rings. The van der Waals surface area contributed by atoms with Crippen molar-refractivity contribution in [1.82, 2.24) is 10.2 Å². The van der Waals surface area contributed by atoms with Crippen molar-refractivity contribution in [3.63, 3.8) is 0 Å². The van der Waals surface area contributed by atoms with E-state index in [1.807, 2.05) is 6.92 Å². The molecule has 0 aromatic carbocycles. The highest BCUT2D eigenvalue weighted by Gasteiger charge is 2.31. The first kappa shape index (κ1) is 8.77. The van der Waals surface area contributed by atoms with E-state index in [4.69, 9.17) is 5.11 Å². The van der Waals surface area contributed by atoms with E-state index in [-0.39, 0.29) is 0 Å². The van der Waals surface area contributed by atoms with Crippen LogP contribution in [-0.2, 0) is 10.2 Å².